The maximum absolute atomic E-state index is 6.17. The molecule has 0 unspecified atom stereocenters. The highest BCUT2D eigenvalue weighted by Crippen LogP contribution is 2.33. The summed E-state index contributed by atoms with van der Waals surface area (Å²) in [7, 11) is 0. The zero-order valence-electron chi connectivity index (χ0n) is 12.7. The normalized spacial score (nSPS) is 11.9. The first kappa shape index (κ1) is 14.1. The summed E-state index contributed by atoms with van der Waals surface area (Å²) in [5, 5.41) is 4.75. The molecule has 0 bridgehead atoms. The molecule has 0 atom stereocenters. The van der Waals surface area contributed by atoms with Crippen LogP contribution < -0.4 is 5.32 Å². The molecule has 0 saturated carbocycles. The minimum absolute atomic E-state index is 0.471. The van der Waals surface area contributed by atoms with Crippen molar-refractivity contribution in [2.24, 2.45) is 0 Å². The predicted molar refractivity (Wildman–Crippen MR) is 81.7 cm³/mol. The Hall–Kier alpha value is -1.28. The van der Waals surface area contributed by atoms with Gasteiger partial charge in [0.1, 0.15) is 11.3 Å². The highest BCUT2D eigenvalue weighted by Gasteiger charge is 2.18. The minimum Gasteiger partial charge on any atom is -0.459 e. The fourth-order valence-corrected chi connectivity index (χ4v) is 2.59. The van der Waals surface area contributed by atoms with E-state index in [1.54, 1.807) is 0 Å². The highest BCUT2D eigenvalue weighted by molar-refractivity contribution is 5.85. The first-order chi connectivity index (χ1) is 9.04. The van der Waals surface area contributed by atoms with E-state index in [0.29, 0.717) is 12.0 Å². The smallest absolute Gasteiger partial charge is 0.137 e. The maximum Gasteiger partial charge on any atom is 0.137 e. The predicted octanol–water partition coefficient (Wildman–Crippen LogP) is 4.62. The van der Waals surface area contributed by atoms with Gasteiger partial charge < -0.3 is 9.73 Å². The van der Waals surface area contributed by atoms with Crippen molar-refractivity contribution in [3.63, 3.8) is 0 Å². The SMILES string of the molecule is CCc1cccc2c(C(C)C)c(CNC(C)C)oc12. The number of benzene rings is 1. The third-order valence-corrected chi connectivity index (χ3v) is 3.54. The molecule has 2 heteroatoms. The largest absolute Gasteiger partial charge is 0.459 e. The summed E-state index contributed by atoms with van der Waals surface area (Å²) in [6, 6.07) is 6.96. The molecule has 104 valence electrons. The maximum atomic E-state index is 6.17. The molecule has 2 aromatic rings. The van der Waals surface area contributed by atoms with Gasteiger partial charge in [0.15, 0.2) is 0 Å². The van der Waals surface area contributed by atoms with E-state index in [1.165, 1.54) is 16.5 Å². The molecule has 1 heterocycles. The Labute approximate surface area is 116 Å². The quantitative estimate of drug-likeness (QED) is 0.847. The molecule has 1 aromatic heterocycles. The van der Waals surface area contributed by atoms with Gasteiger partial charge in [0, 0.05) is 17.0 Å². The fourth-order valence-electron chi connectivity index (χ4n) is 2.59. The lowest BCUT2D eigenvalue weighted by Gasteiger charge is -2.09. The molecule has 0 radical (unpaired) electrons. The van der Waals surface area contributed by atoms with Gasteiger partial charge in [-0.2, -0.15) is 0 Å². The van der Waals surface area contributed by atoms with Gasteiger partial charge in [-0.25, -0.2) is 0 Å². The second-order valence-electron chi connectivity index (χ2n) is 5.78. The number of hydrogen-bond acceptors (Lipinski definition) is 2. The van der Waals surface area contributed by atoms with Gasteiger partial charge in [0.2, 0.25) is 0 Å². The van der Waals surface area contributed by atoms with Gasteiger partial charge in [-0.15, -0.1) is 0 Å². The van der Waals surface area contributed by atoms with Crippen molar-refractivity contribution < 1.29 is 4.42 Å². The van der Waals surface area contributed by atoms with Gasteiger partial charge in [0.25, 0.3) is 0 Å². The van der Waals surface area contributed by atoms with Gasteiger partial charge in [0.05, 0.1) is 6.54 Å². The lowest BCUT2D eigenvalue weighted by molar-refractivity contribution is 0.479. The molecular weight excluding hydrogens is 234 g/mol. The van der Waals surface area contributed by atoms with Crippen LogP contribution in [0.1, 0.15) is 57.4 Å². The summed E-state index contributed by atoms with van der Waals surface area (Å²) < 4.78 is 6.17. The molecule has 0 aliphatic carbocycles. The molecule has 2 rings (SSSR count). The van der Waals surface area contributed by atoms with Crippen molar-refractivity contribution in [1.82, 2.24) is 5.32 Å². The molecule has 2 nitrogen and oxygen atoms in total. The van der Waals surface area contributed by atoms with Crippen LogP contribution in [0.15, 0.2) is 22.6 Å². The van der Waals surface area contributed by atoms with E-state index >= 15 is 0 Å². The third-order valence-electron chi connectivity index (χ3n) is 3.54. The lowest BCUT2D eigenvalue weighted by atomic mass is 9.98. The first-order valence-electron chi connectivity index (χ1n) is 7.31. The van der Waals surface area contributed by atoms with Crippen molar-refractivity contribution in [2.45, 2.75) is 59.5 Å². The molecule has 0 saturated heterocycles. The number of hydrogen-bond donors (Lipinski definition) is 1. The number of para-hydroxylation sites is 1. The molecule has 0 aliphatic rings. The van der Waals surface area contributed by atoms with E-state index in [-0.39, 0.29) is 0 Å². The first-order valence-corrected chi connectivity index (χ1v) is 7.31. The van der Waals surface area contributed by atoms with Crippen LogP contribution in [0.2, 0.25) is 0 Å². The summed E-state index contributed by atoms with van der Waals surface area (Å²) in [5.41, 5.74) is 3.74. The Morgan fingerprint density at radius 2 is 1.89 bits per heavy atom. The highest BCUT2D eigenvalue weighted by atomic mass is 16.3. The number of rotatable bonds is 5. The molecule has 1 N–H and O–H groups in total. The third kappa shape index (κ3) is 2.84. The molecule has 1 aromatic carbocycles. The summed E-state index contributed by atoms with van der Waals surface area (Å²) in [6.45, 7) is 11.8. The molecule has 0 aliphatic heterocycles. The zero-order valence-corrected chi connectivity index (χ0v) is 12.7. The topological polar surface area (TPSA) is 25.2 Å². The Kier molecular flexibility index (Phi) is 4.31. The van der Waals surface area contributed by atoms with Gasteiger partial charge in [-0.05, 0) is 17.9 Å². The number of aryl methyl sites for hydroxylation is 1. The standard InChI is InChI=1S/C17H25NO/c1-6-13-8-7-9-14-16(11(2)3)15(19-17(13)14)10-18-12(4)5/h7-9,11-12,18H,6,10H2,1-5H3. The van der Waals surface area contributed by atoms with E-state index in [2.05, 4.69) is 58.1 Å². The van der Waals surface area contributed by atoms with E-state index in [1.807, 2.05) is 0 Å². The van der Waals surface area contributed by atoms with Crippen LogP contribution in [-0.4, -0.2) is 6.04 Å². The Bertz CT molecular complexity index is 552. The Morgan fingerprint density at radius 3 is 2.47 bits per heavy atom. The van der Waals surface area contributed by atoms with Crippen LogP contribution in [0.5, 0.6) is 0 Å². The van der Waals surface area contributed by atoms with Gasteiger partial charge >= 0.3 is 0 Å². The van der Waals surface area contributed by atoms with Crippen molar-refractivity contribution >= 4 is 11.0 Å². The molecule has 0 amide bonds. The molecule has 0 fully saturated rings. The van der Waals surface area contributed by atoms with Crippen LogP contribution in [0.4, 0.5) is 0 Å². The van der Waals surface area contributed by atoms with Crippen molar-refractivity contribution in [3.8, 4) is 0 Å². The number of fused-ring (bicyclic) bond motifs is 1. The van der Waals surface area contributed by atoms with Crippen LogP contribution in [-0.2, 0) is 13.0 Å². The zero-order chi connectivity index (χ0) is 14.0. The van der Waals surface area contributed by atoms with Gasteiger partial charge in [-0.1, -0.05) is 52.8 Å². The average Bonchev–Trinajstić information content (AvgIpc) is 2.74. The Balaban J connectivity index is 2.53. The van der Waals surface area contributed by atoms with Crippen molar-refractivity contribution in [3.05, 3.63) is 35.1 Å². The van der Waals surface area contributed by atoms with E-state index in [0.717, 1.165) is 24.3 Å². The van der Waals surface area contributed by atoms with E-state index in [4.69, 9.17) is 4.42 Å². The monoisotopic (exact) mass is 259 g/mol. The molecular formula is C17H25NO. The van der Waals surface area contributed by atoms with Gasteiger partial charge in [-0.3, -0.25) is 0 Å². The Morgan fingerprint density at radius 1 is 1.16 bits per heavy atom. The molecule has 0 spiro atoms. The van der Waals surface area contributed by atoms with Crippen LogP contribution in [0.3, 0.4) is 0 Å². The second kappa shape index (κ2) is 5.79. The second-order valence-corrected chi connectivity index (χ2v) is 5.78. The summed E-state index contributed by atoms with van der Waals surface area (Å²) in [4.78, 5) is 0. The summed E-state index contributed by atoms with van der Waals surface area (Å²) in [5.74, 6) is 1.58. The lowest BCUT2D eigenvalue weighted by Crippen LogP contribution is -2.22. The van der Waals surface area contributed by atoms with Crippen LogP contribution in [0, 0.1) is 0 Å². The van der Waals surface area contributed by atoms with Crippen molar-refractivity contribution in [1.29, 1.82) is 0 Å². The average molecular weight is 259 g/mol. The number of nitrogens with one attached hydrogen (secondary N) is 1. The summed E-state index contributed by atoms with van der Waals surface area (Å²) >= 11 is 0. The minimum atomic E-state index is 0.471. The van der Waals surface area contributed by atoms with Crippen molar-refractivity contribution in [2.75, 3.05) is 0 Å². The van der Waals surface area contributed by atoms with E-state index < -0.39 is 0 Å². The van der Waals surface area contributed by atoms with E-state index in [9.17, 15) is 0 Å². The molecule has 19 heavy (non-hydrogen) atoms. The summed E-state index contributed by atoms with van der Waals surface area (Å²) in [6.07, 6.45) is 1.01. The van der Waals surface area contributed by atoms with Crippen LogP contribution >= 0.6 is 0 Å². The van der Waals surface area contributed by atoms with Crippen LogP contribution in [0.25, 0.3) is 11.0 Å². The number of furan rings is 1. The fraction of sp³-hybridized carbons (Fsp3) is 0.529.